The Bertz CT molecular complexity index is 1180. The number of ether oxygens (including phenoxy) is 1. The van der Waals surface area contributed by atoms with Gasteiger partial charge in [-0.15, -0.1) is 0 Å². The molecule has 3 heterocycles. The van der Waals surface area contributed by atoms with Crippen molar-refractivity contribution in [2.45, 2.75) is 6.92 Å². The predicted octanol–water partition coefficient (Wildman–Crippen LogP) is 4.26. The van der Waals surface area contributed by atoms with Crippen LogP contribution in [0.2, 0.25) is 0 Å². The van der Waals surface area contributed by atoms with Gasteiger partial charge in [0.1, 0.15) is 17.1 Å². The van der Waals surface area contributed by atoms with Crippen molar-refractivity contribution in [2.24, 2.45) is 0 Å². The Morgan fingerprint density at radius 3 is 2.48 bits per heavy atom. The lowest BCUT2D eigenvalue weighted by atomic mass is 10.1. The molecule has 0 atom stereocenters. The molecule has 4 aromatic rings. The van der Waals surface area contributed by atoms with Crippen LogP contribution in [0.15, 0.2) is 67.0 Å². The molecule has 0 aliphatic carbocycles. The fourth-order valence-electron chi connectivity index (χ4n) is 4.07. The van der Waals surface area contributed by atoms with Gasteiger partial charge in [-0.3, -0.25) is 0 Å². The van der Waals surface area contributed by atoms with E-state index in [1.807, 2.05) is 35.8 Å². The molecule has 158 valence electrons. The number of nitrogens with zero attached hydrogens (tertiary/aromatic N) is 5. The fourth-order valence-corrected chi connectivity index (χ4v) is 4.07. The number of aromatic nitrogens is 3. The Labute approximate surface area is 180 Å². The lowest BCUT2D eigenvalue weighted by Crippen LogP contribution is -2.47. The average molecular weight is 417 g/mol. The normalized spacial score (nSPS) is 14.3. The molecule has 31 heavy (non-hydrogen) atoms. The van der Waals surface area contributed by atoms with Gasteiger partial charge >= 0.3 is 0 Å². The van der Waals surface area contributed by atoms with Gasteiger partial charge in [-0.25, -0.2) is 13.9 Å². The summed E-state index contributed by atoms with van der Waals surface area (Å²) in [4.78, 5) is 9.32. The monoisotopic (exact) mass is 417 g/mol. The topological polar surface area (TPSA) is 45.9 Å². The zero-order valence-corrected chi connectivity index (χ0v) is 17.4. The predicted molar refractivity (Wildman–Crippen MR) is 120 cm³/mol. The summed E-state index contributed by atoms with van der Waals surface area (Å²) in [6.45, 7) is 6.12. The molecule has 2 aromatic heterocycles. The number of rotatable bonds is 5. The molecule has 0 saturated carbocycles. The number of hydrogen-bond acceptors (Lipinski definition) is 5. The molecule has 1 aliphatic rings. The zero-order valence-electron chi connectivity index (χ0n) is 17.4. The van der Waals surface area contributed by atoms with Gasteiger partial charge in [-0.05, 0) is 49.4 Å². The highest BCUT2D eigenvalue weighted by atomic mass is 19.1. The third-order valence-corrected chi connectivity index (χ3v) is 5.59. The van der Waals surface area contributed by atoms with Crippen LogP contribution in [0.3, 0.4) is 0 Å². The van der Waals surface area contributed by atoms with E-state index in [1.54, 1.807) is 18.3 Å². The highest BCUT2D eigenvalue weighted by molar-refractivity contribution is 5.75. The van der Waals surface area contributed by atoms with Crippen molar-refractivity contribution in [1.82, 2.24) is 14.6 Å². The van der Waals surface area contributed by atoms with Crippen LogP contribution in [0.5, 0.6) is 5.75 Å². The largest absolute Gasteiger partial charge is 0.492 e. The number of benzene rings is 2. The van der Waals surface area contributed by atoms with Crippen molar-refractivity contribution >= 4 is 17.0 Å². The minimum absolute atomic E-state index is 0.251. The minimum Gasteiger partial charge on any atom is -0.492 e. The van der Waals surface area contributed by atoms with Crippen LogP contribution < -0.4 is 14.5 Å². The molecule has 1 aliphatic heterocycles. The van der Waals surface area contributed by atoms with Gasteiger partial charge in [0.2, 0.25) is 0 Å². The van der Waals surface area contributed by atoms with E-state index < -0.39 is 0 Å². The van der Waals surface area contributed by atoms with Crippen LogP contribution in [0.25, 0.3) is 16.8 Å². The molecule has 2 aromatic carbocycles. The van der Waals surface area contributed by atoms with Crippen LogP contribution in [-0.2, 0) is 0 Å². The average Bonchev–Trinajstić information content (AvgIpc) is 3.25. The number of fused-ring (bicyclic) bond motifs is 1. The van der Waals surface area contributed by atoms with Gasteiger partial charge in [0.25, 0.3) is 0 Å². The Hall–Kier alpha value is -3.61. The molecule has 0 radical (unpaired) electrons. The SMILES string of the molecule is CCOc1ccccc1N1CCN(c2nccn3nc(-c4ccc(F)cc4)cc23)CC1. The molecule has 7 heteroatoms. The van der Waals surface area contributed by atoms with Gasteiger partial charge in [0.15, 0.2) is 5.82 Å². The van der Waals surface area contributed by atoms with Crippen molar-refractivity contribution in [3.05, 3.63) is 72.8 Å². The van der Waals surface area contributed by atoms with Crippen LogP contribution in [0.4, 0.5) is 15.9 Å². The van der Waals surface area contributed by atoms with Crippen LogP contribution in [0.1, 0.15) is 6.92 Å². The summed E-state index contributed by atoms with van der Waals surface area (Å²) < 4.78 is 20.9. The highest BCUT2D eigenvalue weighted by Crippen LogP contribution is 2.31. The quantitative estimate of drug-likeness (QED) is 0.486. The molecule has 0 unspecified atom stereocenters. The van der Waals surface area contributed by atoms with Crippen LogP contribution in [0, 0.1) is 5.82 Å². The van der Waals surface area contributed by atoms with Crippen molar-refractivity contribution in [3.63, 3.8) is 0 Å². The van der Waals surface area contributed by atoms with Crippen LogP contribution >= 0.6 is 0 Å². The van der Waals surface area contributed by atoms with Crippen molar-refractivity contribution < 1.29 is 9.13 Å². The summed E-state index contributed by atoms with van der Waals surface area (Å²) in [6, 6.07) is 16.6. The summed E-state index contributed by atoms with van der Waals surface area (Å²) in [5.74, 6) is 1.60. The Balaban J connectivity index is 1.38. The third-order valence-electron chi connectivity index (χ3n) is 5.59. The van der Waals surface area contributed by atoms with Gasteiger partial charge in [-0.2, -0.15) is 5.10 Å². The Morgan fingerprint density at radius 2 is 1.71 bits per heavy atom. The van der Waals surface area contributed by atoms with Gasteiger partial charge in [0, 0.05) is 44.1 Å². The van der Waals surface area contributed by atoms with Gasteiger partial charge in [0.05, 0.1) is 18.0 Å². The first-order valence-corrected chi connectivity index (χ1v) is 10.5. The number of anilines is 2. The van der Waals surface area contributed by atoms with E-state index >= 15 is 0 Å². The molecular weight excluding hydrogens is 393 g/mol. The lowest BCUT2D eigenvalue weighted by Gasteiger charge is -2.37. The first-order chi connectivity index (χ1) is 15.2. The van der Waals surface area contributed by atoms with E-state index in [0.717, 1.165) is 60.2 Å². The summed E-state index contributed by atoms with van der Waals surface area (Å²) in [7, 11) is 0. The number of halogens is 1. The molecule has 0 amide bonds. The summed E-state index contributed by atoms with van der Waals surface area (Å²) in [5, 5.41) is 4.66. The number of hydrogen-bond donors (Lipinski definition) is 0. The van der Waals surface area contributed by atoms with E-state index in [1.165, 1.54) is 12.1 Å². The molecule has 0 N–H and O–H groups in total. The van der Waals surface area contributed by atoms with Crippen molar-refractivity contribution in [3.8, 4) is 17.0 Å². The maximum Gasteiger partial charge on any atom is 0.154 e. The number of para-hydroxylation sites is 2. The molecule has 5 rings (SSSR count). The molecular formula is C24H24FN5O. The summed E-state index contributed by atoms with van der Waals surface area (Å²) >= 11 is 0. The summed E-state index contributed by atoms with van der Waals surface area (Å²) in [5.41, 5.74) is 3.77. The maximum atomic E-state index is 13.3. The first-order valence-electron chi connectivity index (χ1n) is 10.5. The first kappa shape index (κ1) is 19.4. The standard InChI is InChI=1S/C24H24FN5O/c1-2-31-23-6-4-3-5-21(23)28-13-15-29(16-14-28)24-22-17-20(27-30(22)12-11-26-24)18-7-9-19(25)10-8-18/h3-12,17H,2,13-16H2,1H3. The fraction of sp³-hybridized carbons (Fsp3) is 0.250. The van der Waals surface area contributed by atoms with E-state index in [2.05, 4.69) is 32.0 Å². The molecule has 1 saturated heterocycles. The maximum absolute atomic E-state index is 13.3. The second kappa shape index (κ2) is 8.26. The lowest BCUT2D eigenvalue weighted by molar-refractivity contribution is 0.340. The molecule has 6 nitrogen and oxygen atoms in total. The molecule has 0 bridgehead atoms. The van der Waals surface area contributed by atoms with Gasteiger partial charge in [-0.1, -0.05) is 12.1 Å². The van der Waals surface area contributed by atoms with E-state index in [-0.39, 0.29) is 5.82 Å². The second-order valence-corrected chi connectivity index (χ2v) is 7.49. The third kappa shape index (κ3) is 3.79. The summed E-state index contributed by atoms with van der Waals surface area (Å²) in [6.07, 6.45) is 3.63. The van der Waals surface area contributed by atoms with Crippen molar-refractivity contribution in [2.75, 3.05) is 42.6 Å². The van der Waals surface area contributed by atoms with E-state index in [0.29, 0.717) is 6.61 Å². The minimum atomic E-state index is -0.251. The Morgan fingerprint density at radius 1 is 0.968 bits per heavy atom. The van der Waals surface area contributed by atoms with Crippen molar-refractivity contribution in [1.29, 1.82) is 0 Å². The van der Waals surface area contributed by atoms with E-state index in [9.17, 15) is 4.39 Å². The zero-order chi connectivity index (χ0) is 21.2. The Kier molecular flexibility index (Phi) is 5.16. The smallest absolute Gasteiger partial charge is 0.154 e. The molecule has 1 fully saturated rings. The highest BCUT2D eigenvalue weighted by Gasteiger charge is 2.22. The van der Waals surface area contributed by atoms with E-state index in [4.69, 9.17) is 4.74 Å². The van der Waals surface area contributed by atoms with Gasteiger partial charge < -0.3 is 14.5 Å². The molecule has 0 spiro atoms. The van der Waals surface area contributed by atoms with Crippen LogP contribution in [-0.4, -0.2) is 47.4 Å². The number of piperazine rings is 1. The second-order valence-electron chi connectivity index (χ2n) is 7.49.